The molecule has 0 fully saturated rings. The molecule has 15 heavy (non-hydrogen) atoms. The molecule has 0 aliphatic carbocycles. The highest BCUT2D eigenvalue weighted by atomic mass is 32.2. The molecule has 0 N–H and O–H groups in total. The van der Waals surface area contributed by atoms with Crippen LogP contribution in [0, 0.1) is 16.7 Å². The Balaban J connectivity index is 3.47. The molecule has 0 bridgehead atoms. The van der Waals surface area contributed by atoms with E-state index in [9.17, 15) is 4.21 Å². The van der Waals surface area contributed by atoms with Crippen LogP contribution in [0.1, 0.15) is 52.9 Å². The van der Waals surface area contributed by atoms with Gasteiger partial charge in [-0.05, 0) is 33.1 Å². The molecule has 88 valence electrons. The van der Waals surface area contributed by atoms with E-state index in [4.69, 9.17) is 5.26 Å². The van der Waals surface area contributed by atoms with Gasteiger partial charge in [0.25, 0.3) is 0 Å². The molecule has 0 saturated carbocycles. The minimum Gasteiger partial charge on any atom is -0.260 e. The number of hydrogen-bond acceptors (Lipinski definition) is 2. The van der Waals surface area contributed by atoms with Gasteiger partial charge in [0.15, 0.2) is 0 Å². The Hall–Kier alpha value is -0.360. The maximum atomic E-state index is 11.4. The highest BCUT2D eigenvalue weighted by molar-refractivity contribution is 7.84. The predicted octanol–water partition coefficient (Wildman–Crippen LogP) is 3.26. The second kappa shape index (κ2) is 7.87. The van der Waals surface area contributed by atoms with E-state index in [1.807, 2.05) is 13.8 Å². The van der Waals surface area contributed by atoms with Gasteiger partial charge in [0.05, 0.1) is 11.5 Å². The van der Waals surface area contributed by atoms with Crippen LogP contribution in [-0.4, -0.2) is 15.7 Å². The second-order valence-corrected chi connectivity index (χ2v) is 6.35. The van der Waals surface area contributed by atoms with Crippen LogP contribution >= 0.6 is 0 Å². The fraction of sp³-hybridized carbons (Fsp3) is 0.917. The van der Waals surface area contributed by atoms with Crippen LogP contribution in [-0.2, 0) is 10.8 Å². The van der Waals surface area contributed by atoms with E-state index in [-0.39, 0.29) is 5.41 Å². The first-order valence-corrected chi connectivity index (χ1v) is 7.27. The molecule has 0 saturated heterocycles. The van der Waals surface area contributed by atoms with Crippen LogP contribution in [0.4, 0.5) is 0 Å². The van der Waals surface area contributed by atoms with Gasteiger partial charge < -0.3 is 0 Å². The standard InChI is InChI=1S/C12H23NOS/c1-4-5-9-15(14)10-7-6-8-12(2,3)11-13/h4-10H2,1-3H3. The summed E-state index contributed by atoms with van der Waals surface area (Å²) < 4.78 is 11.4. The molecule has 0 heterocycles. The van der Waals surface area contributed by atoms with E-state index in [2.05, 4.69) is 13.0 Å². The molecule has 1 unspecified atom stereocenters. The highest BCUT2D eigenvalue weighted by Gasteiger charge is 2.15. The summed E-state index contributed by atoms with van der Waals surface area (Å²) >= 11 is 0. The van der Waals surface area contributed by atoms with Crippen molar-refractivity contribution in [1.82, 2.24) is 0 Å². The van der Waals surface area contributed by atoms with Crippen molar-refractivity contribution in [3.05, 3.63) is 0 Å². The smallest absolute Gasteiger partial charge is 0.0683 e. The van der Waals surface area contributed by atoms with Gasteiger partial charge in [0.1, 0.15) is 0 Å². The summed E-state index contributed by atoms with van der Waals surface area (Å²) in [6.45, 7) is 6.04. The second-order valence-electron chi connectivity index (χ2n) is 4.65. The van der Waals surface area contributed by atoms with E-state index in [0.29, 0.717) is 0 Å². The molecular weight excluding hydrogens is 206 g/mol. The molecule has 1 atom stereocenters. The lowest BCUT2D eigenvalue weighted by atomic mass is 9.89. The molecule has 2 nitrogen and oxygen atoms in total. The monoisotopic (exact) mass is 229 g/mol. The van der Waals surface area contributed by atoms with Gasteiger partial charge in [-0.3, -0.25) is 4.21 Å². The summed E-state index contributed by atoms with van der Waals surface area (Å²) in [7, 11) is -0.633. The molecule has 0 aliphatic heterocycles. The van der Waals surface area contributed by atoms with Crippen LogP contribution in [0.3, 0.4) is 0 Å². The molecule has 3 heteroatoms. The fourth-order valence-corrected chi connectivity index (χ4v) is 2.63. The third kappa shape index (κ3) is 8.62. The van der Waals surface area contributed by atoms with Crippen molar-refractivity contribution in [2.75, 3.05) is 11.5 Å². The van der Waals surface area contributed by atoms with E-state index < -0.39 is 10.8 Å². The quantitative estimate of drug-likeness (QED) is 0.599. The van der Waals surface area contributed by atoms with Gasteiger partial charge in [-0.15, -0.1) is 0 Å². The SMILES string of the molecule is CCCCS(=O)CCCCC(C)(C)C#N. The van der Waals surface area contributed by atoms with Crippen molar-refractivity contribution in [2.45, 2.75) is 52.9 Å². The number of unbranched alkanes of at least 4 members (excludes halogenated alkanes) is 2. The molecule has 0 radical (unpaired) electrons. The lowest BCUT2D eigenvalue weighted by molar-refractivity contribution is 0.432. The lowest BCUT2D eigenvalue weighted by Crippen LogP contribution is -2.09. The Labute approximate surface area is 96.5 Å². The molecule has 0 amide bonds. The predicted molar refractivity (Wildman–Crippen MR) is 66.0 cm³/mol. The summed E-state index contributed by atoms with van der Waals surface area (Å²) in [5.41, 5.74) is -0.217. The van der Waals surface area contributed by atoms with E-state index >= 15 is 0 Å². The first-order chi connectivity index (χ1) is 7.02. The van der Waals surface area contributed by atoms with Gasteiger partial charge in [-0.25, -0.2) is 0 Å². The zero-order valence-corrected chi connectivity index (χ0v) is 11.0. The maximum absolute atomic E-state index is 11.4. The third-order valence-electron chi connectivity index (χ3n) is 2.45. The van der Waals surface area contributed by atoms with Crippen LogP contribution in [0.5, 0.6) is 0 Å². The Morgan fingerprint density at radius 2 is 1.80 bits per heavy atom. The van der Waals surface area contributed by atoms with Crippen molar-refractivity contribution >= 4 is 10.8 Å². The molecule has 0 aromatic rings. The minimum atomic E-state index is -0.633. The number of nitrogens with zero attached hydrogens (tertiary/aromatic N) is 1. The van der Waals surface area contributed by atoms with Crippen molar-refractivity contribution < 1.29 is 4.21 Å². The van der Waals surface area contributed by atoms with Gasteiger partial charge >= 0.3 is 0 Å². The number of rotatable bonds is 8. The largest absolute Gasteiger partial charge is 0.260 e. The molecule has 0 spiro atoms. The Morgan fingerprint density at radius 1 is 1.20 bits per heavy atom. The van der Waals surface area contributed by atoms with Crippen molar-refractivity contribution in [2.24, 2.45) is 5.41 Å². The summed E-state index contributed by atoms with van der Waals surface area (Å²) in [4.78, 5) is 0. The average molecular weight is 229 g/mol. The van der Waals surface area contributed by atoms with Gasteiger partial charge in [0.2, 0.25) is 0 Å². The van der Waals surface area contributed by atoms with Crippen LogP contribution in [0.2, 0.25) is 0 Å². The number of hydrogen-bond donors (Lipinski definition) is 0. The zero-order valence-electron chi connectivity index (χ0n) is 10.2. The zero-order chi connectivity index (χ0) is 11.7. The molecular formula is C12H23NOS. The summed E-state index contributed by atoms with van der Waals surface area (Å²) in [5, 5.41) is 8.81. The molecule has 0 aromatic heterocycles. The van der Waals surface area contributed by atoms with Gasteiger partial charge in [-0.1, -0.05) is 19.8 Å². The van der Waals surface area contributed by atoms with Crippen molar-refractivity contribution in [3.63, 3.8) is 0 Å². The van der Waals surface area contributed by atoms with Crippen molar-refractivity contribution in [1.29, 1.82) is 5.26 Å². The van der Waals surface area contributed by atoms with Gasteiger partial charge in [0, 0.05) is 22.3 Å². The third-order valence-corrected chi connectivity index (χ3v) is 3.94. The topological polar surface area (TPSA) is 40.9 Å². The normalized spacial score (nSPS) is 13.5. The summed E-state index contributed by atoms with van der Waals surface area (Å²) in [6.07, 6.45) is 5.10. The summed E-state index contributed by atoms with van der Waals surface area (Å²) in [6, 6.07) is 2.29. The van der Waals surface area contributed by atoms with E-state index in [1.54, 1.807) is 0 Å². The number of nitriles is 1. The Kier molecular flexibility index (Phi) is 7.68. The Bertz CT molecular complexity index is 230. The first-order valence-electron chi connectivity index (χ1n) is 5.78. The highest BCUT2D eigenvalue weighted by Crippen LogP contribution is 2.21. The minimum absolute atomic E-state index is 0.217. The van der Waals surface area contributed by atoms with Crippen LogP contribution in [0.15, 0.2) is 0 Å². The molecule has 0 aromatic carbocycles. The first kappa shape index (κ1) is 14.6. The van der Waals surface area contributed by atoms with Gasteiger partial charge in [-0.2, -0.15) is 5.26 Å². The fourth-order valence-electron chi connectivity index (χ4n) is 1.29. The molecule has 0 rings (SSSR count). The van der Waals surface area contributed by atoms with Crippen LogP contribution in [0.25, 0.3) is 0 Å². The van der Waals surface area contributed by atoms with E-state index in [1.165, 1.54) is 0 Å². The lowest BCUT2D eigenvalue weighted by Gasteiger charge is -2.13. The maximum Gasteiger partial charge on any atom is 0.0683 e. The average Bonchev–Trinajstić information content (AvgIpc) is 2.21. The van der Waals surface area contributed by atoms with Crippen molar-refractivity contribution in [3.8, 4) is 6.07 Å². The van der Waals surface area contributed by atoms with Crippen LogP contribution < -0.4 is 0 Å². The Morgan fingerprint density at radius 3 is 2.33 bits per heavy atom. The summed E-state index contributed by atoms with van der Waals surface area (Å²) in [5.74, 6) is 1.65. The molecule has 0 aliphatic rings. The van der Waals surface area contributed by atoms with E-state index in [0.717, 1.165) is 43.6 Å².